The van der Waals surface area contributed by atoms with Gasteiger partial charge in [0.05, 0.1) is 12.6 Å². The molecule has 0 aliphatic heterocycles. The van der Waals surface area contributed by atoms with Crippen LogP contribution in [0.3, 0.4) is 0 Å². The molecule has 2 N–H and O–H groups in total. The first-order valence-electron chi connectivity index (χ1n) is 9.23. The van der Waals surface area contributed by atoms with Crippen LogP contribution in [0.5, 0.6) is 0 Å². The first-order chi connectivity index (χ1) is 12.5. The van der Waals surface area contributed by atoms with Gasteiger partial charge < -0.3 is 15.2 Å². The van der Waals surface area contributed by atoms with Crippen LogP contribution < -0.4 is 10.6 Å². The van der Waals surface area contributed by atoms with Gasteiger partial charge in [-0.15, -0.1) is 34.2 Å². The van der Waals surface area contributed by atoms with Crippen molar-refractivity contribution in [2.24, 2.45) is 4.99 Å². The highest BCUT2D eigenvalue weighted by Gasteiger charge is 2.10. The molecule has 0 aliphatic carbocycles. The quantitative estimate of drug-likeness (QED) is 0.321. The monoisotopic (exact) mass is 504 g/mol. The normalized spacial score (nSPS) is 13.6. The molecule has 2 aromatic rings. The van der Waals surface area contributed by atoms with E-state index in [2.05, 4.69) is 48.5 Å². The first kappa shape index (κ1) is 23.7. The summed E-state index contributed by atoms with van der Waals surface area (Å²) in [5.41, 5.74) is 1.17. The van der Waals surface area contributed by atoms with Crippen molar-refractivity contribution >= 4 is 41.5 Å². The number of hydrogen-bond acceptors (Lipinski definition) is 3. The first-order valence-corrected chi connectivity index (χ1v) is 9.60. The molecule has 2 rings (SSSR count). The highest BCUT2D eigenvalue weighted by Crippen LogP contribution is 2.15. The highest BCUT2D eigenvalue weighted by molar-refractivity contribution is 14.0. The van der Waals surface area contributed by atoms with Gasteiger partial charge in [-0.05, 0) is 38.0 Å². The molecule has 0 saturated heterocycles. The summed E-state index contributed by atoms with van der Waals surface area (Å²) < 4.78 is 2.05. The number of rotatable bonds is 8. The minimum atomic E-state index is 0. The molecule has 0 fully saturated rings. The van der Waals surface area contributed by atoms with Gasteiger partial charge in [-0.1, -0.05) is 37.6 Å². The number of aliphatic imine (C=N–C) groups is 1. The Bertz CT molecular complexity index is 700. The van der Waals surface area contributed by atoms with Gasteiger partial charge >= 0.3 is 0 Å². The van der Waals surface area contributed by atoms with Crippen LogP contribution in [0.2, 0.25) is 5.02 Å². The fourth-order valence-corrected chi connectivity index (χ4v) is 2.64. The van der Waals surface area contributed by atoms with Gasteiger partial charge in [0.25, 0.3) is 0 Å². The summed E-state index contributed by atoms with van der Waals surface area (Å²) in [5.74, 6) is 1.80. The average Bonchev–Trinajstić information content (AvgIpc) is 3.09. The highest BCUT2D eigenvalue weighted by atomic mass is 127. The molecule has 1 heterocycles. The molecule has 2 atom stereocenters. The third-order valence-corrected chi connectivity index (χ3v) is 4.59. The lowest BCUT2D eigenvalue weighted by Crippen LogP contribution is -2.43. The number of hydrogen-bond donors (Lipinski definition) is 2. The van der Waals surface area contributed by atoms with Crippen molar-refractivity contribution < 1.29 is 0 Å². The molecule has 0 amide bonds. The molecule has 0 radical (unpaired) electrons. The summed E-state index contributed by atoms with van der Waals surface area (Å²) in [6, 6.07) is 8.36. The maximum atomic E-state index is 5.98. The van der Waals surface area contributed by atoms with Crippen LogP contribution in [-0.4, -0.2) is 33.3 Å². The summed E-state index contributed by atoms with van der Waals surface area (Å²) in [6.45, 7) is 9.92. The lowest BCUT2D eigenvalue weighted by molar-refractivity contribution is 0.596. The third-order valence-electron chi connectivity index (χ3n) is 4.34. The van der Waals surface area contributed by atoms with Crippen LogP contribution in [0.4, 0.5) is 0 Å². The van der Waals surface area contributed by atoms with E-state index in [4.69, 9.17) is 16.6 Å². The van der Waals surface area contributed by atoms with E-state index in [0.717, 1.165) is 36.2 Å². The second-order valence-corrected chi connectivity index (χ2v) is 6.83. The molecule has 0 spiro atoms. The van der Waals surface area contributed by atoms with Crippen molar-refractivity contribution in [3.05, 3.63) is 47.0 Å². The Labute approximate surface area is 184 Å². The van der Waals surface area contributed by atoms with Crippen LogP contribution in [0.1, 0.15) is 51.5 Å². The lowest BCUT2D eigenvalue weighted by atomic mass is 10.1. The predicted molar refractivity (Wildman–Crippen MR) is 123 cm³/mol. The zero-order valence-electron chi connectivity index (χ0n) is 16.4. The Hall–Kier alpha value is -1.35. The number of halogens is 2. The maximum Gasteiger partial charge on any atom is 0.192 e. The van der Waals surface area contributed by atoms with Gasteiger partial charge in [0.15, 0.2) is 5.96 Å². The molecule has 8 heteroatoms. The fourth-order valence-electron chi connectivity index (χ4n) is 2.52. The summed E-state index contributed by atoms with van der Waals surface area (Å²) in [4.78, 5) is 4.74. The van der Waals surface area contributed by atoms with E-state index in [1.807, 2.05) is 28.8 Å². The zero-order valence-corrected chi connectivity index (χ0v) is 19.5. The van der Waals surface area contributed by atoms with E-state index < -0.39 is 0 Å². The molecular formula is C19H30ClIN6. The number of aromatic nitrogens is 3. The number of nitrogens with zero attached hydrogens (tertiary/aromatic N) is 4. The van der Waals surface area contributed by atoms with Crippen molar-refractivity contribution in [2.75, 3.05) is 6.54 Å². The van der Waals surface area contributed by atoms with Crippen LogP contribution in [0, 0.1) is 0 Å². The van der Waals surface area contributed by atoms with E-state index in [9.17, 15) is 0 Å². The Morgan fingerprint density at radius 1 is 1.19 bits per heavy atom. The van der Waals surface area contributed by atoms with Crippen LogP contribution in [-0.2, 0) is 13.0 Å². The Morgan fingerprint density at radius 2 is 1.89 bits per heavy atom. The van der Waals surface area contributed by atoms with E-state index in [0.29, 0.717) is 12.6 Å². The summed E-state index contributed by atoms with van der Waals surface area (Å²) >= 11 is 5.98. The van der Waals surface area contributed by atoms with Crippen molar-refractivity contribution in [1.29, 1.82) is 0 Å². The lowest BCUT2D eigenvalue weighted by Gasteiger charge is -2.21. The van der Waals surface area contributed by atoms with Crippen molar-refractivity contribution in [3.8, 4) is 0 Å². The van der Waals surface area contributed by atoms with Crippen LogP contribution in [0.15, 0.2) is 35.6 Å². The smallest absolute Gasteiger partial charge is 0.192 e. The topological polar surface area (TPSA) is 67.1 Å². The minimum Gasteiger partial charge on any atom is -0.354 e. The zero-order chi connectivity index (χ0) is 18.9. The van der Waals surface area contributed by atoms with Crippen LogP contribution >= 0.6 is 35.6 Å². The predicted octanol–water partition coefficient (Wildman–Crippen LogP) is 4.21. The van der Waals surface area contributed by atoms with Crippen molar-refractivity contribution in [1.82, 2.24) is 25.4 Å². The van der Waals surface area contributed by atoms with Crippen molar-refractivity contribution in [3.63, 3.8) is 0 Å². The largest absolute Gasteiger partial charge is 0.354 e. The summed E-state index contributed by atoms with van der Waals surface area (Å²) in [5, 5.41) is 15.8. The molecule has 0 aliphatic rings. The van der Waals surface area contributed by atoms with Gasteiger partial charge in [0.2, 0.25) is 0 Å². The van der Waals surface area contributed by atoms with E-state index in [-0.39, 0.29) is 30.0 Å². The molecule has 0 bridgehead atoms. The molecule has 2 unspecified atom stereocenters. The Kier molecular flexibility index (Phi) is 10.7. The van der Waals surface area contributed by atoms with Crippen molar-refractivity contribution in [2.45, 2.75) is 59.2 Å². The minimum absolute atomic E-state index is 0. The van der Waals surface area contributed by atoms with Crippen LogP contribution in [0.25, 0.3) is 0 Å². The Morgan fingerprint density at radius 3 is 2.52 bits per heavy atom. The number of guanidine groups is 1. The molecule has 0 saturated carbocycles. The molecule has 1 aromatic carbocycles. The molecular weight excluding hydrogens is 475 g/mol. The second kappa shape index (κ2) is 12.2. The molecule has 150 valence electrons. The number of nitrogens with one attached hydrogen (secondary N) is 2. The third kappa shape index (κ3) is 7.65. The van der Waals surface area contributed by atoms with Gasteiger partial charge in [0, 0.05) is 24.0 Å². The summed E-state index contributed by atoms with van der Waals surface area (Å²) in [7, 11) is 0. The number of aryl methyl sites for hydroxylation is 1. The van der Waals surface area contributed by atoms with Gasteiger partial charge in [0.1, 0.15) is 12.2 Å². The fraction of sp³-hybridized carbons (Fsp3) is 0.526. The molecule has 27 heavy (non-hydrogen) atoms. The molecule has 1 aromatic heterocycles. The molecule has 6 nitrogen and oxygen atoms in total. The van der Waals surface area contributed by atoms with Gasteiger partial charge in [-0.3, -0.25) is 4.99 Å². The van der Waals surface area contributed by atoms with E-state index in [1.54, 1.807) is 6.33 Å². The summed E-state index contributed by atoms with van der Waals surface area (Å²) in [6.07, 6.45) is 3.66. The SMILES string of the molecule is CCc1nncn1CCN=C(NC(C)CC)NC(C)c1ccc(Cl)cc1.I. The number of benzene rings is 1. The van der Waals surface area contributed by atoms with Gasteiger partial charge in [-0.25, -0.2) is 0 Å². The van der Waals surface area contributed by atoms with E-state index >= 15 is 0 Å². The maximum absolute atomic E-state index is 5.98. The van der Waals surface area contributed by atoms with E-state index in [1.165, 1.54) is 5.56 Å². The second-order valence-electron chi connectivity index (χ2n) is 6.40. The average molecular weight is 505 g/mol. The Balaban J connectivity index is 0.00000364. The van der Waals surface area contributed by atoms with Gasteiger partial charge in [-0.2, -0.15) is 0 Å². The standard InChI is InChI=1S/C19H29ClN6.HI/c1-5-14(3)23-19(21-11-12-26-13-22-25-18(26)6-2)24-15(4)16-7-9-17(20)10-8-16;/h7-10,13-15H,5-6,11-12H2,1-4H3,(H2,21,23,24);1H.